The van der Waals surface area contributed by atoms with Crippen molar-refractivity contribution in [3.05, 3.63) is 29.6 Å². The number of piperidine rings is 1. The number of amides is 1. The SMILES string of the molecule is Cc1ccc(F)c(NC(=O)[C@H]2CCN[C@@H](C)C2)c1. The Kier molecular flexibility index (Phi) is 3.97. The molecule has 1 heterocycles. The average Bonchev–Trinajstić information content (AvgIpc) is 2.34. The summed E-state index contributed by atoms with van der Waals surface area (Å²) in [4.78, 5) is 12.1. The summed E-state index contributed by atoms with van der Waals surface area (Å²) in [5.41, 5.74) is 1.22. The minimum atomic E-state index is -0.379. The van der Waals surface area contributed by atoms with Crippen molar-refractivity contribution in [1.82, 2.24) is 5.32 Å². The molecule has 0 radical (unpaired) electrons. The Hall–Kier alpha value is -1.42. The van der Waals surface area contributed by atoms with Gasteiger partial charge in [-0.05, 0) is 50.9 Å². The second kappa shape index (κ2) is 5.48. The molecule has 1 aromatic carbocycles. The number of hydrogen-bond donors (Lipinski definition) is 2. The van der Waals surface area contributed by atoms with E-state index in [0.717, 1.165) is 24.9 Å². The van der Waals surface area contributed by atoms with Crippen LogP contribution in [0.25, 0.3) is 0 Å². The van der Waals surface area contributed by atoms with E-state index in [1.807, 2.05) is 6.92 Å². The van der Waals surface area contributed by atoms with Gasteiger partial charge in [-0.3, -0.25) is 4.79 Å². The monoisotopic (exact) mass is 250 g/mol. The summed E-state index contributed by atoms with van der Waals surface area (Å²) in [6.45, 7) is 4.78. The molecule has 1 fully saturated rings. The van der Waals surface area contributed by atoms with Gasteiger partial charge in [0.2, 0.25) is 5.91 Å². The number of anilines is 1. The fraction of sp³-hybridized carbons (Fsp3) is 0.500. The van der Waals surface area contributed by atoms with E-state index in [1.54, 1.807) is 12.1 Å². The highest BCUT2D eigenvalue weighted by atomic mass is 19.1. The van der Waals surface area contributed by atoms with Gasteiger partial charge in [-0.15, -0.1) is 0 Å². The summed E-state index contributed by atoms with van der Waals surface area (Å²) in [6, 6.07) is 5.09. The molecule has 4 heteroatoms. The van der Waals surface area contributed by atoms with Crippen LogP contribution in [0.1, 0.15) is 25.3 Å². The molecule has 1 saturated heterocycles. The van der Waals surface area contributed by atoms with Gasteiger partial charge >= 0.3 is 0 Å². The summed E-state index contributed by atoms with van der Waals surface area (Å²) in [5, 5.41) is 6.00. The Morgan fingerprint density at radius 2 is 2.28 bits per heavy atom. The van der Waals surface area contributed by atoms with Crippen LogP contribution in [0.3, 0.4) is 0 Å². The molecule has 1 aliphatic heterocycles. The fourth-order valence-corrected chi connectivity index (χ4v) is 2.34. The molecule has 18 heavy (non-hydrogen) atoms. The van der Waals surface area contributed by atoms with Gasteiger partial charge in [0.15, 0.2) is 0 Å². The second-order valence-electron chi connectivity index (χ2n) is 5.05. The van der Waals surface area contributed by atoms with Crippen molar-refractivity contribution < 1.29 is 9.18 Å². The number of hydrogen-bond acceptors (Lipinski definition) is 2. The van der Waals surface area contributed by atoms with Crippen molar-refractivity contribution in [3.63, 3.8) is 0 Å². The van der Waals surface area contributed by atoms with E-state index in [4.69, 9.17) is 0 Å². The van der Waals surface area contributed by atoms with Crippen LogP contribution in [0.4, 0.5) is 10.1 Å². The van der Waals surface area contributed by atoms with E-state index in [9.17, 15) is 9.18 Å². The third-order valence-corrected chi connectivity index (χ3v) is 3.37. The van der Waals surface area contributed by atoms with Gasteiger partial charge < -0.3 is 10.6 Å². The van der Waals surface area contributed by atoms with Crippen LogP contribution in [0.2, 0.25) is 0 Å². The number of halogens is 1. The third-order valence-electron chi connectivity index (χ3n) is 3.37. The molecule has 0 aromatic heterocycles. The number of nitrogens with one attached hydrogen (secondary N) is 2. The lowest BCUT2D eigenvalue weighted by atomic mass is 9.92. The zero-order valence-corrected chi connectivity index (χ0v) is 10.8. The molecule has 98 valence electrons. The van der Waals surface area contributed by atoms with E-state index in [2.05, 4.69) is 17.6 Å². The topological polar surface area (TPSA) is 41.1 Å². The van der Waals surface area contributed by atoms with Crippen LogP contribution in [0.5, 0.6) is 0 Å². The molecule has 2 N–H and O–H groups in total. The van der Waals surface area contributed by atoms with Crippen LogP contribution in [-0.4, -0.2) is 18.5 Å². The lowest BCUT2D eigenvalue weighted by molar-refractivity contribution is -0.120. The van der Waals surface area contributed by atoms with Crippen molar-refractivity contribution in [2.45, 2.75) is 32.7 Å². The van der Waals surface area contributed by atoms with Gasteiger partial charge in [-0.1, -0.05) is 6.07 Å². The molecule has 0 bridgehead atoms. The van der Waals surface area contributed by atoms with Gasteiger partial charge in [0.25, 0.3) is 0 Å². The second-order valence-corrected chi connectivity index (χ2v) is 5.05. The van der Waals surface area contributed by atoms with Crippen molar-refractivity contribution in [1.29, 1.82) is 0 Å². The molecule has 0 spiro atoms. The average molecular weight is 250 g/mol. The largest absolute Gasteiger partial charge is 0.323 e. The molecular weight excluding hydrogens is 231 g/mol. The summed E-state index contributed by atoms with van der Waals surface area (Å²) >= 11 is 0. The third kappa shape index (κ3) is 3.07. The van der Waals surface area contributed by atoms with E-state index < -0.39 is 0 Å². The standard InChI is InChI=1S/C14H19FN2O/c1-9-3-4-12(15)13(7-9)17-14(18)11-5-6-16-10(2)8-11/h3-4,7,10-11,16H,5-6,8H2,1-2H3,(H,17,18)/t10-,11-/m0/s1. The van der Waals surface area contributed by atoms with Crippen LogP contribution in [-0.2, 0) is 4.79 Å². The molecule has 2 rings (SSSR count). The summed E-state index contributed by atoms with van der Waals surface area (Å²) in [6.07, 6.45) is 1.61. The predicted octanol–water partition coefficient (Wildman–Crippen LogP) is 2.46. The van der Waals surface area contributed by atoms with Crippen LogP contribution < -0.4 is 10.6 Å². The molecule has 1 amide bonds. The molecule has 1 aromatic rings. The van der Waals surface area contributed by atoms with Gasteiger partial charge in [0.05, 0.1) is 5.69 Å². The quantitative estimate of drug-likeness (QED) is 0.846. The van der Waals surface area contributed by atoms with E-state index in [1.165, 1.54) is 6.07 Å². The van der Waals surface area contributed by atoms with Gasteiger partial charge in [0, 0.05) is 12.0 Å². The first-order chi connectivity index (χ1) is 8.56. The van der Waals surface area contributed by atoms with Gasteiger partial charge in [0.1, 0.15) is 5.82 Å². The highest BCUT2D eigenvalue weighted by Crippen LogP contribution is 2.21. The number of aryl methyl sites for hydroxylation is 1. The van der Waals surface area contributed by atoms with Crippen molar-refractivity contribution in [2.24, 2.45) is 5.92 Å². The van der Waals surface area contributed by atoms with Crippen molar-refractivity contribution >= 4 is 11.6 Å². The Morgan fingerprint density at radius 3 is 3.00 bits per heavy atom. The summed E-state index contributed by atoms with van der Waals surface area (Å²) in [5.74, 6) is -0.482. The normalized spacial score (nSPS) is 23.7. The fourth-order valence-electron chi connectivity index (χ4n) is 2.34. The van der Waals surface area contributed by atoms with Crippen LogP contribution >= 0.6 is 0 Å². The van der Waals surface area contributed by atoms with E-state index in [0.29, 0.717) is 6.04 Å². The minimum absolute atomic E-state index is 0.0267. The maximum absolute atomic E-state index is 13.5. The highest BCUT2D eigenvalue weighted by Gasteiger charge is 2.25. The molecular formula is C14H19FN2O. The molecule has 3 nitrogen and oxygen atoms in total. The number of benzene rings is 1. The first-order valence-electron chi connectivity index (χ1n) is 6.36. The summed E-state index contributed by atoms with van der Waals surface area (Å²) in [7, 11) is 0. The number of carbonyl (C=O) groups excluding carboxylic acids is 1. The smallest absolute Gasteiger partial charge is 0.227 e. The van der Waals surface area contributed by atoms with Crippen molar-refractivity contribution in [3.8, 4) is 0 Å². The van der Waals surface area contributed by atoms with E-state index in [-0.39, 0.29) is 23.3 Å². The maximum Gasteiger partial charge on any atom is 0.227 e. The zero-order valence-electron chi connectivity index (χ0n) is 10.8. The van der Waals surface area contributed by atoms with Crippen molar-refractivity contribution in [2.75, 3.05) is 11.9 Å². The van der Waals surface area contributed by atoms with Crippen LogP contribution in [0.15, 0.2) is 18.2 Å². The highest BCUT2D eigenvalue weighted by molar-refractivity contribution is 5.92. The molecule has 1 aliphatic rings. The minimum Gasteiger partial charge on any atom is -0.323 e. The van der Waals surface area contributed by atoms with Gasteiger partial charge in [-0.25, -0.2) is 4.39 Å². The Morgan fingerprint density at radius 1 is 1.50 bits per heavy atom. The molecule has 0 saturated carbocycles. The molecule has 0 aliphatic carbocycles. The lowest BCUT2D eigenvalue weighted by Crippen LogP contribution is -2.40. The predicted molar refractivity (Wildman–Crippen MR) is 70.0 cm³/mol. The lowest BCUT2D eigenvalue weighted by Gasteiger charge is -2.27. The Balaban J connectivity index is 2.04. The first kappa shape index (κ1) is 13.0. The maximum atomic E-state index is 13.5. The molecule has 0 unspecified atom stereocenters. The Bertz CT molecular complexity index is 447. The first-order valence-corrected chi connectivity index (χ1v) is 6.36. The Labute approximate surface area is 107 Å². The molecule has 2 atom stereocenters. The summed E-state index contributed by atoms with van der Waals surface area (Å²) < 4.78 is 13.5. The van der Waals surface area contributed by atoms with Crippen LogP contribution in [0, 0.1) is 18.7 Å². The van der Waals surface area contributed by atoms with E-state index >= 15 is 0 Å². The van der Waals surface area contributed by atoms with Gasteiger partial charge in [-0.2, -0.15) is 0 Å². The zero-order chi connectivity index (χ0) is 13.1. The number of carbonyl (C=O) groups is 1. The number of rotatable bonds is 2.